The molecule has 1 heterocycles. The number of aromatic nitrogens is 1. The molecule has 0 aliphatic heterocycles. The predicted molar refractivity (Wildman–Crippen MR) is 78.4 cm³/mol. The van der Waals surface area contributed by atoms with Crippen LogP contribution in [0, 0.1) is 6.92 Å². The number of aryl methyl sites for hydroxylation is 1. The Morgan fingerprint density at radius 2 is 1.95 bits per heavy atom. The lowest BCUT2D eigenvalue weighted by Crippen LogP contribution is -2.37. The van der Waals surface area contributed by atoms with Crippen molar-refractivity contribution in [1.29, 1.82) is 0 Å². The molecular formula is C15H19N3O2. The molecule has 0 bridgehead atoms. The molecule has 0 saturated heterocycles. The maximum atomic E-state index is 11.9. The topological polar surface area (TPSA) is 54.3 Å². The lowest BCUT2D eigenvalue weighted by Gasteiger charge is -2.12. The van der Waals surface area contributed by atoms with Crippen LogP contribution in [-0.2, 0) is 16.1 Å². The van der Waals surface area contributed by atoms with Crippen LogP contribution in [0.1, 0.15) is 5.69 Å². The summed E-state index contributed by atoms with van der Waals surface area (Å²) in [5.74, 6) is -0.280. The second kappa shape index (κ2) is 5.77. The summed E-state index contributed by atoms with van der Waals surface area (Å²) in [6, 6.07) is 9.98. The van der Waals surface area contributed by atoms with Gasteiger partial charge >= 0.3 is 0 Å². The predicted octanol–water partition coefficient (Wildman–Crippen LogP) is 1.15. The quantitative estimate of drug-likeness (QED) is 0.908. The number of rotatable bonds is 4. The average molecular weight is 273 g/mol. The summed E-state index contributed by atoms with van der Waals surface area (Å²) in [6.07, 6.45) is 0. The van der Waals surface area contributed by atoms with E-state index in [0.717, 1.165) is 16.6 Å². The van der Waals surface area contributed by atoms with Gasteiger partial charge < -0.3 is 14.8 Å². The molecule has 0 radical (unpaired) electrons. The third kappa shape index (κ3) is 2.99. The third-order valence-electron chi connectivity index (χ3n) is 3.25. The first-order valence-electron chi connectivity index (χ1n) is 6.51. The molecule has 0 aliphatic carbocycles. The molecule has 20 heavy (non-hydrogen) atoms. The molecule has 2 amide bonds. The minimum atomic E-state index is -0.162. The van der Waals surface area contributed by atoms with Crippen LogP contribution >= 0.6 is 0 Å². The maximum absolute atomic E-state index is 11.9. The molecule has 2 rings (SSSR count). The Kier molecular flexibility index (Phi) is 4.08. The summed E-state index contributed by atoms with van der Waals surface area (Å²) in [6.45, 7) is 2.22. The highest BCUT2D eigenvalue weighted by molar-refractivity contribution is 5.86. The zero-order valence-corrected chi connectivity index (χ0v) is 12.0. The van der Waals surface area contributed by atoms with Crippen molar-refractivity contribution in [3.05, 3.63) is 36.0 Å². The Morgan fingerprint density at radius 1 is 1.25 bits per heavy atom. The van der Waals surface area contributed by atoms with E-state index >= 15 is 0 Å². The molecule has 5 nitrogen and oxygen atoms in total. The average Bonchev–Trinajstić information content (AvgIpc) is 2.72. The Morgan fingerprint density at radius 3 is 2.65 bits per heavy atom. The molecule has 0 saturated carbocycles. The smallest absolute Gasteiger partial charge is 0.241 e. The number of benzene rings is 1. The fourth-order valence-electron chi connectivity index (χ4n) is 2.09. The molecule has 106 valence electrons. The van der Waals surface area contributed by atoms with Crippen molar-refractivity contribution in [1.82, 2.24) is 14.8 Å². The zero-order valence-electron chi connectivity index (χ0n) is 12.0. The fourth-order valence-corrected chi connectivity index (χ4v) is 2.09. The van der Waals surface area contributed by atoms with Gasteiger partial charge in [0.1, 0.15) is 6.54 Å². The van der Waals surface area contributed by atoms with E-state index in [1.54, 1.807) is 14.1 Å². The number of carbonyl (C=O) groups excluding carboxylic acids is 2. The number of carbonyl (C=O) groups is 2. The molecule has 0 aliphatic rings. The molecular weight excluding hydrogens is 254 g/mol. The highest BCUT2D eigenvalue weighted by Gasteiger charge is 2.11. The molecule has 2 aromatic rings. The van der Waals surface area contributed by atoms with Crippen LogP contribution in [0.25, 0.3) is 10.9 Å². The normalized spacial score (nSPS) is 10.6. The zero-order chi connectivity index (χ0) is 14.7. The van der Waals surface area contributed by atoms with Crippen molar-refractivity contribution in [3.8, 4) is 0 Å². The van der Waals surface area contributed by atoms with Gasteiger partial charge in [-0.3, -0.25) is 9.59 Å². The van der Waals surface area contributed by atoms with E-state index < -0.39 is 0 Å². The molecule has 0 unspecified atom stereocenters. The Balaban J connectivity index is 2.07. The van der Waals surface area contributed by atoms with Crippen LogP contribution in [0.2, 0.25) is 0 Å². The Hall–Kier alpha value is -2.30. The van der Waals surface area contributed by atoms with Gasteiger partial charge in [-0.1, -0.05) is 18.2 Å². The van der Waals surface area contributed by atoms with Gasteiger partial charge in [-0.15, -0.1) is 0 Å². The molecule has 5 heteroatoms. The van der Waals surface area contributed by atoms with Crippen molar-refractivity contribution in [2.75, 3.05) is 20.6 Å². The van der Waals surface area contributed by atoms with E-state index in [2.05, 4.69) is 5.32 Å². The van der Waals surface area contributed by atoms with Crippen molar-refractivity contribution in [2.45, 2.75) is 13.5 Å². The van der Waals surface area contributed by atoms with Gasteiger partial charge in [-0.2, -0.15) is 0 Å². The Labute approximate surface area is 118 Å². The maximum Gasteiger partial charge on any atom is 0.241 e. The van der Waals surface area contributed by atoms with E-state index in [1.807, 2.05) is 41.8 Å². The molecule has 0 spiro atoms. The van der Waals surface area contributed by atoms with E-state index in [9.17, 15) is 9.59 Å². The summed E-state index contributed by atoms with van der Waals surface area (Å²) in [5, 5.41) is 3.76. The van der Waals surface area contributed by atoms with Gasteiger partial charge in [0.2, 0.25) is 11.8 Å². The number of para-hydroxylation sites is 1. The van der Waals surface area contributed by atoms with Crippen LogP contribution in [0.5, 0.6) is 0 Å². The largest absolute Gasteiger partial charge is 0.347 e. The summed E-state index contributed by atoms with van der Waals surface area (Å²) in [5.41, 5.74) is 2.05. The number of nitrogens with one attached hydrogen (secondary N) is 1. The molecule has 0 fully saturated rings. The standard InChI is InChI=1S/C15H19N3O2/c1-11-8-12-6-4-5-7-13(12)18(11)10-14(19)16-9-15(20)17(2)3/h4-8H,9-10H2,1-3H3,(H,16,19). The highest BCUT2D eigenvalue weighted by atomic mass is 16.2. The van der Waals surface area contributed by atoms with Gasteiger partial charge in [0.05, 0.1) is 6.54 Å². The monoisotopic (exact) mass is 273 g/mol. The van der Waals surface area contributed by atoms with E-state index in [1.165, 1.54) is 4.90 Å². The summed E-state index contributed by atoms with van der Waals surface area (Å²) >= 11 is 0. The number of amides is 2. The summed E-state index contributed by atoms with van der Waals surface area (Å²) < 4.78 is 1.95. The molecule has 0 atom stereocenters. The summed E-state index contributed by atoms with van der Waals surface area (Å²) in [4.78, 5) is 24.8. The minimum Gasteiger partial charge on any atom is -0.347 e. The van der Waals surface area contributed by atoms with Gasteiger partial charge in [0.25, 0.3) is 0 Å². The second-order valence-corrected chi connectivity index (χ2v) is 5.00. The van der Waals surface area contributed by atoms with E-state index in [0.29, 0.717) is 0 Å². The molecule has 1 aromatic carbocycles. The first-order chi connectivity index (χ1) is 9.49. The van der Waals surface area contributed by atoms with Gasteiger partial charge in [0.15, 0.2) is 0 Å². The van der Waals surface area contributed by atoms with Crippen LogP contribution < -0.4 is 5.32 Å². The lowest BCUT2D eigenvalue weighted by atomic mass is 10.2. The molecule has 1 aromatic heterocycles. The molecule has 1 N–H and O–H groups in total. The van der Waals surface area contributed by atoms with Crippen molar-refractivity contribution in [2.24, 2.45) is 0 Å². The van der Waals surface area contributed by atoms with Gasteiger partial charge in [-0.05, 0) is 24.4 Å². The lowest BCUT2D eigenvalue weighted by molar-refractivity contribution is -0.131. The van der Waals surface area contributed by atoms with E-state index in [4.69, 9.17) is 0 Å². The van der Waals surface area contributed by atoms with Crippen LogP contribution in [0.15, 0.2) is 30.3 Å². The number of hydrogen-bond acceptors (Lipinski definition) is 2. The summed E-state index contributed by atoms with van der Waals surface area (Å²) in [7, 11) is 3.33. The van der Waals surface area contributed by atoms with Crippen molar-refractivity contribution in [3.63, 3.8) is 0 Å². The number of hydrogen-bond donors (Lipinski definition) is 1. The van der Waals surface area contributed by atoms with Gasteiger partial charge in [0, 0.05) is 25.3 Å². The minimum absolute atomic E-state index is 0.0318. The first-order valence-corrected chi connectivity index (χ1v) is 6.51. The fraction of sp³-hybridized carbons (Fsp3) is 0.333. The van der Waals surface area contributed by atoms with Crippen LogP contribution in [0.4, 0.5) is 0 Å². The Bertz CT molecular complexity index is 644. The number of fused-ring (bicyclic) bond motifs is 1. The number of nitrogens with zero attached hydrogens (tertiary/aromatic N) is 2. The van der Waals surface area contributed by atoms with Crippen LogP contribution in [0.3, 0.4) is 0 Å². The van der Waals surface area contributed by atoms with Crippen molar-refractivity contribution >= 4 is 22.7 Å². The first kappa shape index (κ1) is 14.1. The van der Waals surface area contributed by atoms with Gasteiger partial charge in [-0.25, -0.2) is 0 Å². The second-order valence-electron chi connectivity index (χ2n) is 5.00. The highest BCUT2D eigenvalue weighted by Crippen LogP contribution is 2.18. The van der Waals surface area contributed by atoms with Crippen LogP contribution in [-0.4, -0.2) is 41.9 Å². The number of likely N-dealkylation sites (N-methyl/N-ethyl adjacent to an activating group) is 1. The van der Waals surface area contributed by atoms with E-state index in [-0.39, 0.29) is 24.9 Å². The van der Waals surface area contributed by atoms with Crippen molar-refractivity contribution < 1.29 is 9.59 Å². The SMILES string of the molecule is Cc1cc2ccccc2n1CC(=O)NCC(=O)N(C)C. The third-order valence-corrected chi connectivity index (χ3v) is 3.25.